The fourth-order valence-corrected chi connectivity index (χ4v) is 1.42. The lowest BCUT2D eigenvalue weighted by Crippen LogP contribution is -2.48. The highest BCUT2D eigenvalue weighted by atomic mass is 16.1. The number of benzene rings is 1. The van der Waals surface area contributed by atoms with E-state index in [4.69, 9.17) is 5.73 Å². The van der Waals surface area contributed by atoms with E-state index in [1.54, 1.807) is 12.1 Å². The Morgan fingerprint density at radius 2 is 2.15 bits per heavy atom. The number of carbonyl (C=O) groups is 1. The third kappa shape index (κ3) is 1.42. The third-order valence-corrected chi connectivity index (χ3v) is 2.37. The van der Waals surface area contributed by atoms with Gasteiger partial charge in [-0.2, -0.15) is 0 Å². The summed E-state index contributed by atoms with van der Waals surface area (Å²) in [6.07, 6.45) is 0.924. The maximum Gasteiger partial charge on any atom is 0.181 e. The van der Waals surface area contributed by atoms with Crippen molar-refractivity contribution in [2.75, 3.05) is 12.3 Å². The molecule has 0 bridgehead atoms. The fourth-order valence-electron chi connectivity index (χ4n) is 1.42. The number of rotatable bonds is 2. The predicted octanol–water partition coefficient (Wildman–Crippen LogP) is 0.813. The van der Waals surface area contributed by atoms with Gasteiger partial charge in [-0.05, 0) is 25.1 Å². The lowest BCUT2D eigenvalue weighted by molar-refractivity contribution is 0.0905. The number of carbonyl (C=O) groups excluding carboxylic acids is 1. The SMILES string of the molecule is Nc1ccccc1C(=O)C1CCN1. The van der Waals surface area contributed by atoms with Gasteiger partial charge in [0, 0.05) is 11.3 Å². The summed E-state index contributed by atoms with van der Waals surface area (Å²) >= 11 is 0. The Morgan fingerprint density at radius 1 is 1.46 bits per heavy atom. The molecule has 0 saturated carbocycles. The average Bonchev–Trinajstić information content (AvgIpc) is 2.01. The number of anilines is 1. The highest BCUT2D eigenvalue weighted by Crippen LogP contribution is 2.16. The van der Waals surface area contributed by atoms with Crippen molar-refractivity contribution in [2.24, 2.45) is 0 Å². The fraction of sp³-hybridized carbons (Fsp3) is 0.300. The number of ketones is 1. The molecule has 3 heteroatoms. The van der Waals surface area contributed by atoms with E-state index in [1.807, 2.05) is 12.1 Å². The van der Waals surface area contributed by atoms with E-state index >= 15 is 0 Å². The van der Waals surface area contributed by atoms with Crippen LogP contribution in [0.15, 0.2) is 24.3 Å². The van der Waals surface area contributed by atoms with Crippen molar-refractivity contribution < 1.29 is 4.79 Å². The van der Waals surface area contributed by atoms with Crippen molar-refractivity contribution in [3.05, 3.63) is 29.8 Å². The second-order valence-electron chi connectivity index (χ2n) is 3.25. The largest absolute Gasteiger partial charge is 0.398 e. The predicted molar refractivity (Wildman–Crippen MR) is 51.6 cm³/mol. The van der Waals surface area contributed by atoms with Crippen molar-refractivity contribution >= 4 is 11.5 Å². The van der Waals surface area contributed by atoms with Crippen molar-refractivity contribution in [2.45, 2.75) is 12.5 Å². The summed E-state index contributed by atoms with van der Waals surface area (Å²) in [5, 5.41) is 3.07. The average molecular weight is 176 g/mol. The van der Waals surface area contributed by atoms with Gasteiger partial charge in [0.2, 0.25) is 0 Å². The van der Waals surface area contributed by atoms with Crippen LogP contribution in [0.4, 0.5) is 5.69 Å². The van der Waals surface area contributed by atoms with E-state index in [0.717, 1.165) is 13.0 Å². The lowest BCUT2D eigenvalue weighted by atomic mass is 9.96. The minimum absolute atomic E-state index is 0.00954. The van der Waals surface area contributed by atoms with Gasteiger partial charge in [-0.1, -0.05) is 12.1 Å². The monoisotopic (exact) mass is 176 g/mol. The summed E-state index contributed by atoms with van der Waals surface area (Å²) in [5.74, 6) is 0.115. The quantitative estimate of drug-likeness (QED) is 0.518. The zero-order valence-electron chi connectivity index (χ0n) is 7.29. The second-order valence-corrected chi connectivity index (χ2v) is 3.25. The van der Waals surface area contributed by atoms with Crippen molar-refractivity contribution in [3.8, 4) is 0 Å². The number of hydrogen-bond acceptors (Lipinski definition) is 3. The molecule has 1 aliphatic heterocycles. The van der Waals surface area contributed by atoms with Gasteiger partial charge in [0.05, 0.1) is 6.04 Å². The van der Waals surface area contributed by atoms with Crippen LogP contribution in [0.2, 0.25) is 0 Å². The summed E-state index contributed by atoms with van der Waals surface area (Å²) in [6.45, 7) is 0.934. The highest BCUT2D eigenvalue weighted by Gasteiger charge is 2.26. The Bertz CT molecular complexity index is 331. The van der Waals surface area contributed by atoms with Crippen LogP contribution in [-0.4, -0.2) is 18.4 Å². The summed E-state index contributed by atoms with van der Waals surface area (Å²) in [6, 6.07) is 7.19. The van der Waals surface area contributed by atoms with Crippen LogP contribution in [0.25, 0.3) is 0 Å². The van der Waals surface area contributed by atoms with Gasteiger partial charge in [0.25, 0.3) is 0 Å². The van der Waals surface area contributed by atoms with E-state index in [1.165, 1.54) is 0 Å². The van der Waals surface area contributed by atoms with Crippen LogP contribution >= 0.6 is 0 Å². The number of para-hydroxylation sites is 1. The molecule has 1 saturated heterocycles. The molecule has 3 nitrogen and oxygen atoms in total. The first kappa shape index (κ1) is 8.26. The molecule has 13 heavy (non-hydrogen) atoms. The van der Waals surface area contributed by atoms with Crippen LogP contribution in [-0.2, 0) is 0 Å². The second kappa shape index (κ2) is 3.18. The van der Waals surface area contributed by atoms with Gasteiger partial charge < -0.3 is 11.1 Å². The zero-order valence-corrected chi connectivity index (χ0v) is 7.29. The summed E-state index contributed by atoms with van der Waals surface area (Å²) < 4.78 is 0. The molecular formula is C10H12N2O. The smallest absolute Gasteiger partial charge is 0.181 e. The number of nitrogen functional groups attached to an aromatic ring is 1. The third-order valence-electron chi connectivity index (χ3n) is 2.37. The standard InChI is InChI=1S/C10H12N2O/c11-8-4-2-1-3-7(8)10(13)9-5-6-12-9/h1-4,9,12H,5-6,11H2. The van der Waals surface area contributed by atoms with Gasteiger partial charge in [0.1, 0.15) is 0 Å². The van der Waals surface area contributed by atoms with E-state index in [0.29, 0.717) is 11.3 Å². The molecule has 0 amide bonds. The molecule has 1 heterocycles. The Hall–Kier alpha value is -1.35. The Morgan fingerprint density at radius 3 is 2.69 bits per heavy atom. The minimum atomic E-state index is -0.00954. The number of Topliss-reactive ketones (excluding diaryl/α,β-unsaturated/α-hetero) is 1. The molecule has 2 rings (SSSR count). The Kier molecular flexibility index (Phi) is 2.02. The molecule has 0 spiro atoms. The van der Waals surface area contributed by atoms with E-state index < -0.39 is 0 Å². The van der Waals surface area contributed by atoms with Gasteiger partial charge in [0.15, 0.2) is 5.78 Å². The normalized spacial score (nSPS) is 20.8. The summed E-state index contributed by atoms with van der Waals surface area (Å²) in [4.78, 5) is 11.7. The summed E-state index contributed by atoms with van der Waals surface area (Å²) in [5.41, 5.74) is 6.90. The van der Waals surface area contributed by atoms with Crippen LogP contribution in [0, 0.1) is 0 Å². The van der Waals surface area contributed by atoms with Crippen LogP contribution in [0.1, 0.15) is 16.8 Å². The van der Waals surface area contributed by atoms with Crippen molar-refractivity contribution in [1.29, 1.82) is 0 Å². The number of nitrogens with two attached hydrogens (primary N) is 1. The molecule has 1 aliphatic rings. The molecule has 0 aromatic heterocycles. The van der Waals surface area contributed by atoms with Crippen molar-refractivity contribution in [3.63, 3.8) is 0 Å². The molecule has 1 fully saturated rings. The molecule has 1 aromatic carbocycles. The molecule has 0 radical (unpaired) electrons. The minimum Gasteiger partial charge on any atom is -0.398 e. The first-order valence-corrected chi connectivity index (χ1v) is 4.41. The zero-order chi connectivity index (χ0) is 9.26. The van der Waals surface area contributed by atoms with Crippen LogP contribution < -0.4 is 11.1 Å². The van der Waals surface area contributed by atoms with Crippen LogP contribution in [0.3, 0.4) is 0 Å². The molecule has 1 unspecified atom stereocenters. The molecular weight excluding hydrogens is 164 g/mol. The van der Waals surface area contributed by atoms with Crippen LogP contribution in [0.5, 0.6) is 0 Å². The lowest BCUT2D eigenvalue weighted by Gasteiger charge is -2.26. The maximum atomic E-state index is 11.7. The molecule has 68 valence electrons. The van der Waals surface area contributed by atoms with Gasteiger partial charge >= 0.3 is 0 Å². The van der Waals surface area contributed by atoms with Gasteiger partial charge in [-0.15, -0.1) is 0 Å². The van der Waals surface area contributed by atoms with E-state index in [9.17, 15) is 4.79 Å². The van der Waals surface area contributed by atoms with E-state index in [2.05, 4.69) is 5.32 Å². The number of hydrogen-bond donors (Lipinski definition) is 2. The molecule has 1 aromatic rings. The first-order valence-electron chi connectivity index (χ1n) is 4.41. The topological polar surface area (TPSA) is 55.1 Å². The first-order chi connectivity index (χ1) is 6.29. The maximum absolute atomic E-state index is 11.7. The van der Waals surface area contributed by atoms with E-state index in [-0.39, 0.29) is 11.8 Å². The van der Waals surface area contributed by atoms with Gasteiger partial charge in [-0.25, -0.2) is 0 Å². The molecule has 1 atom stereocenters. The van der Waals surface area contributed by atoms with Gasteiger partial charge in [-0.3, -0.25) is 4.79 Å². The number of nitrogens with one attached hydrogen (secondary N) is 1. The summed E-state index contributed by atoms with van der Waals surface area (Å²) in [7, 11) is 0. The molecule has 0 aliphatic carbocycles. The highest BCUT2D eigenvalue weighted by molar-refractivity contribution is 6.04. The van der Waals surface area contributed by atoms with Crippen molar-refractivity contribution in [1.82, 2.24) is 5.32 Å². The Labute approximate surface area is 76.9 Å². The Balaban J connectivity index is 2.24. The molecule has 3 N–H and O–H groups in total.